The zero-order valence-corrected chi connectivity index (χ0v) is 13.2. The van der Waals surface area contributed by atoms with Crippen LogP contribution in [0.15, 0.2) is 48.5 Å². The fraction of sp³-hybridized carbons (Fsp3) is 0.316. The first kappa shape index (κ1) is 14.3. The van der Waals surface area contributed by atoms with Crippen LogP contribution in [-0.2, 0) is 6.54 Å². The molecule has 0 aliphatic carbocycles. The maximum absolute atomic E-state index is 5.98. The lowest BCUT2D eigenvalue weighted by Crippen LogP contribution is -2.30. The molecule has 2 aromatic carbocycles. The first-order valence-corrected chi connectivity index (χ1v) is 8.33. The summed E-state index contributed by atoms with van der Waals surface area (Å²) in [4.78, 5) is 4.88. The standard InChI is InChI=1S/C19H22N4/c20-16-5-3-4-15(12-16)19-22-17-6-1-2-7-18(17)23(19)13-14-8-10-21-11-9-14/h1-7,12,14,21H,8-11,13,20H2. The Morgan fingerprint density at radius 2 is 1.91 bits per heavy atom. The number of nitrogen functional groups attached to an aromatic ring is 1. The molecule has 0 amide bonds. The number of hydrogen-bond acceptors (Lipinski definition) is 3. The van der Waals surface area contributed by atoms with E-state index in [0.29, 0.717) is 5.92 Å². The molecule has 118 valence electrons. The maximum atomic E-state index is 5.98. The first-order chi connectivity index (χ1) is 11.3. The van der Waals surface area contributed by atoms with Crippen molar-refractivity contribution in [2.45, 2.75) is 19.4 Å². The highest BCUT2D eigenvalue weighted by Gasteiger charge is 2.18. The number of rotatable bonds is 3. The highest BCUT2D eigenvalue weighted by molar-refractivity contribution is 5.81. The number of hydrogen-bond donors (Lipinski definition) is 2. The number of piperidine rings is 1. The molecule has 1 saturated heterocycles. The Labute approximate surface area is 136 Å². The molecule has 0 saturated carbocycles. The summed E-state index contributed by atoms with van der Waals surface area (Å²) in [6.07, 6.45) is 2.45. The Balaban J connectivity index is 1.80. The number of imidazole rings is 1. The van der Waals surface area contributed by atoms with Gasteiger partial charge in [0.1, 0.15) is 5.82 Å². The van der Waals surface area contributed by atoms with Gasteiger partial charge >= 0.3 is 0 Å². The Morgan fingerprint density at radius 3 is 2.74 bits per heavy atom. The van der Waals surface area contributed by atoms with E-state index in [1.54, 1.807) is 0 Å². The second-order valence-electron chi connectivity index (χ2n) is 6.35. The molecule has 0 spiro atoms. The Kier molecular flexibility index (Phi) is 3.75. The van der Waals surface area contributed by atoms with Crippen molar-refractivity contribution in [2.24, 2.45) is 5.92 Å². The second kappa shape index (κ2) is 6.05. The van der Waals surface area contributed by atoms with E-state index in [2.05, 4.69) is 34.1 Å². The number of para-hydroxylation sites is 2. The zero-order chi connectivity index (χ0) is 15.6. The van der Waals surface area contributed by atoms with E-state index < -0.39 is 0 Å². The molecule has 0 bridgehead atoms. The fourth-order valence-electron chi connectivity index (χ4n) is 3.48. The van der Waals surface area contributed by atoms with Gasteiger partial charge in [-0.3, -0.25) is 0 Å². The van der Waals surface area contributed by atoms with Gasteiger partial charge in [0, 0.05) is 17.8 Å². The molecule has 1 aliphatic heterocycles. The minimum Gasteiger partial charge on any atom is -0.399 e. The van der Waals surface area contributed by atoms with Gasteiger partial charge in [0.05, 0.1) is 11.0 Å². The van der Waals surface area contributed by atoms with Gasteiger partial charge in [-0.25, -0.2) is 4.98 Å². The molecule has 3 aromatic rings. The van der Waals surface area contributed by atoms with Crippen LogP contribution in [0.5, 0.6) is 0 Å². The minimum atomic E-state index is 0.702. The summed E-state index contributed by atoms with van der Waals surface area (Å²) in [5.74, 6) is 1.73. The van der Waals surface area contributed by atoms with E-state index in [9.17, 15) is 0 Å². The summed E-state index contributed by atoms with van der Waals surface area (Å²) >= 11 is 0. The molecule has 0 unspecified atom stereocenters. The van der Waals surface area contributed by atoms with Crippen LogP contribution in [0.3, 0.4) is 0 Å². The molecule has 2 heterocycles. The van der Waals surface area contributed by atoms with Crippen molar-refractivity contribution in [1.29, 1.82) is 0 Å². The van der Waals surface area contributed by atoms with E-state index in [-0.39, 0.29) is 0 Å². The number of aromatic nitrogens is 2. The zero-order valence-electron chi connectivity index (χ0n) is 13.2. The average molecular weight is 306 g/mol. The molecule has 3 N–H and O–H groups in total. The van der Waals surface area contributed by atoms with Crippen LogP contribution in [-0.4, -0.2) is 22.6 Å². The van der Waals surface area contributed by atoms with Crippen molar-refractivity contribution < 1.29 is 0 Å². The Bertz CT molecular complexity index is 815. The van der Waals surface area contributed by atoms with Gasteiger partial charge in [0.15, 0.2) is 0 Å². The molecular formula is C19H22N4. The van der Waals surface area contributed by atoms with Crippen molar-refractivity contribution in [2.75, 3.05) is 18.8 Å². The molecule has 0 radical (unpaired) electrons. The predicted octanol–water partition coefficient (Wildman–Crippen LogP) is 3.29. The second-order valence-corrected chi connectivity index (χ2v) is 6.35. The molecular weight excluding hydrogens is 284 g/mol. The summed E-state index contributed by atoms with van der Waals surface area (Å²) < 4.78 is 2.38. The minimum absolute atomic E-state index is 0.702. The summed E-state index contributed by atoms with van der Waals surface area (Å²) in [7, 11) is 0. The Morgan fingerprint density at radius 1 is 1.09 bits per heavy atom. The molecule has 4 nitrogen and oxygen atoms in total. The highest BCUT2D eigenvalue weighted by Crippen LogP contribution is 2.28. The van der Waals surface area contributed by atoms with Crippen molar-refractivity contribution in [3.63, 3.8) is 0 Å². The van der Waals surface area contributed by atoms with Gasteiger partial charge in [-0.15, -0.1) is 0 Å². The van der Waals surface area contributed by atoms with Crippen molar-refractivity contribution in [1.82, 2.24) is 14.9 Å². The molecule has 4 heteroatoms. The molecule has 1 aromatic heterocycles. The molecule has 1 aliphatic rings. The molecule has 23 heavy (non-hydrogen) atoms. The summed E-state index contributed by atoms with van der Waals surface area (Å²) in [6, 6.07) is 16.4. The van der Waals surface area contributed by atoms with Crippen LogP contribution in [0.1, 0.15) is 12.8 Å². The highest BCUT2D eigenvalue weighted by atomic mass is 15.1. The van der Waals surface area contributed by atoms with Crippen molar-refractivity contribution >= 4 is 16.7 Å². The number of nitrogens with zero attached hydrogens (tertiary/aromatic N) is 2. The smallest absolute Gasteiger partial charge is 0.141 e. The normalized spacial score (nSPS) is 16.0. The lowest BCUT2D eigenvalue weighted by Gasteiger charge is -2.24. The number of fused-ring (bicyclic) bond motifs is 1. The van der Waals surface area contributed by atoms with E-state index in [4.69, 9.17) is 10.7 Å². The lowest BCUT2D eigenvalue weighted by molar-refractivity contribution is 0.337. The largest absolute Gasteiger partial charge is 0.399 e. The van der Waals surface area contributed by atoms with E-state index in [1.165, 1.54) is 18.4 Å². The molecule has 1 fully saturated rings. The number of anilines is 1. The summed E-state index contributed by atoms with van der Waals surface area (Å²) in [5, 5.41) is 3.44. The molecule has 0 atom stereocenters. The van der Waals surface area contributed by atoms with Crippen LogP contribution in [0.4, 0.5) is 5.69 Å². The van der Waals surface area contributed by atoms with Gasteiger partial charge in [-0.2, -0.15) is 0 Å². The molecule has 4 rings (SSSR count). The number of benzene rings is 2. The maximum Gasteiger partial charge on any atom is 0.141 e. The van der Waals surface area contributed by atoms with Crippen LogP contribution < -0.4 is 11.1 Å². The monoisotopic (exact) mass is 306 g/mol. The SMILES string of the molecule is Nc1cccc(-c2nc3ccccc3n2CC2CCNCC2)c1. The topological polar surface area (TPSA) is 55.9 Å². The fourth-order valence-corrected chi connectivity index (χ4v) is 3.48. The third-order valence-corrected chi connectivity index (χ3v) is 4.70. The van der Waals surface area contributed by atoms with Crippen LogP contribution in [0.25, 0.3) is 22.4 Å². The Hall–Kier alpha value is -2.33. The number of nitrogens with one attached hydrogen (secondary N) is 1. The quantitative estimate of drug-likeness (QED) is 0.730. The lowest BCUT2D eigenvalue weighted by atomic mass is 9.98. The average Bonchev–Trinajstić information content (AvgIpc) is 2.95. The van der Waals surface area contributed by atoms with Crippen LogP contribution in [0.2, 0.25) is 0 Å². The third kappa shape index (κ3) is 2.82. The summed E-state index contributed by atoms with van der Waals surface area (Å²) in [5.41, 5.74) is 10.1. The van der Waals surface area contributed by atoms with Gasteiger partial charge in [-0.05, 0) is 56.1 Å². The van der Waals surface area contributed by atoms with E-state index in [0.717, 1.165) is 42.2 Å². The van der Waals surface area contributed by atoms with Gasteiger partial charge in [-0.1, -0.05) is 24.3 Å². The third-order valence-electron chi connectivity index (χ3n) is 4.70. The van der Waals surface area contributed by atoms with Gasteiger partial charge < -0.3 is 15.6 Å². The number of nitrogens with two attached hydrogens (primary N) is 1. The predicted molar refractivity (Wildman–Crippen MR) is 95.2 cm³/mol. The van der Waals surface area contributed by atoms with Gasteiger partial charge in [0.25, 0.3) is 0 Å². The van der Waals surface area contributed by atoms with Gasteiger partial charge in [0.2, 0.25) is 0 Å². The first-order valence-electron chi connectivity index (χ1n) is 8.33. The van der Waals surface area contributed by atoms with Crippen LogP contribution in [0, 0.1) is 5.92 Å². The van der Waals surface area contributed by atoms with Crippen molar-refractivity contribution in [3.8, 4) is 11.4 Å². The van der Waals surface area contributed by atoms with Crippen LogP contribution >= 0.6 is 0 Å². The van der Waals surface area contributed by atoms with E-state index in [1.807, 2.05) is 24.3 Å². The van der Waals surface area contributed by atoms with E-state index >= 15 is 0 Å². The van der Waals surface area contributed by atoms with Crippen molar-refractivity contribution in [3.05, 3.63) is 48.5 Å². The summed E-state index contributed by atoms with van der Waals surface area (Å²) in [6.45, 7) is 3.25.